The number of nitrogens with zero attached hydrogens (tertiary/aromatic N) is 2. The lowest BCUT2D eigenvalue weighted by molar-refractivity contribution is 0.430. The molecule has 5 heteroatoms. The molecular weight excluding hydrogens is 242 g/mol. The first kappa shape index (κ1) is 12.0. The molecule has 3 N–H and O–H groups in total. The average Bonchev–Trinajstić information content (AvgIpc) is 2.89. The average molecular weight is 259 g/mol. The minimum atomic E-state index is 0.223. The molecule has 0 atom stereocenters. The molecule has 2 aromatic rings. The summed E-state index contributed by atoms with van der Waals surface area (Å²) in [6.07, 6.45) is 3.69. The molecule has 0 bridgehead atoms. The number of aromatic nitrogens is 1. The van der Waals surface area contributed by atoms with Gasteiger partial charge in [-0.3, -0.25) is 0 Å². The quantitative estimate of drug-likeness (QED) is 0.862. The monoisotopic (exact) mass is 259 g/mol. The first-order valence-corrected chi connectivity index (χ1v) is 6.48. The number of phenolic OH excluding ortho intramolecular Hbond substituents is 1. The van der Waals surface area contributed by atoms with E-state index < -0.39 is 0 Å². The van der Waals surface area contributed by atoms with Crippen molar-refractivity contribution in [2.24, 2.45) is 5.73 Å². The molecule has 0 saturated carbocycles. The second kappa shape index (κ2) is 4.93. The first-order chi connectivity index (χ1) is 9.24. The van der Waals surface area contributed by atoms with Crippen molar-refractivity contribution in [2.45, 2.75) is 18.9 Å². The molecule has 3 rings (SSSR count). The summed E-state index contributed by atoms with van der Waals surface area (Å²) in [6, 6.07) is 7.31. The van der Waals surface area contributed by atoms with Crippen molar-refractivity contribution in [3.63, 3.8) is 0 Å². The smallest absolute Gasteiger partial charge is 0.190 e. The Morgan fingerprint density at radius 2 is 2.11 bits per heavy atom. The third-order valence-electron chi connectivity index (χ3n) is 3.54. The van der Waals surface area contributed by atoms with Crippen LogP contribution in [-0.2, 0) is 0 Å². The van der Waals surface area contributed by atoms with Crippen LogP contribution in [0.15, 0.2) is 35.0 Å². The Hall–Kier alpha value is -2.01. The van der Waals surface area contributed by atoms with Crippen molar-refractivity contribution in [1.29, 1.82) is 0 Å². The standard InChI is InChI=1S/C14H17N3O2/c15-11-4-6-17(7-5-11)13-9-16-19-14(13)10-2-1-3-12(18)8-10/h1-3,8-9,11,18H,4-7,15H2. The Labute approximate surface area is 111 Å². The van der Waals surface area contributed by atoms with Gasteiger partial charge in [0.05, 0.1) is 6.20 Å². The van der Waals surface area contributed by atoms with Gasteiger partial charge in [0.25, 0.3) is 0 Å². The van der Waals surface area contributed by atoms with Gasteiger partial charge in [0.1, 0.15) is 11.4 Å². The molecule has 0 amide bonds. The number of phenols is 1. The molecular formula is C14H17N3O2. The lowest BCUT2D eigenvalue weighted by Crippen LogP contribution is -2.39. The molecule has 1 aliphatic rings. The van der Waals surface area contributed by atoms with Crippen molar-refractivity contribution < 1.29 is 9.63 Å². The first-order valence-electron chi connectivity index (χ1n) is 6.48. The molecule has 1 fully saturated rings. The van der Waals surface area contributed by atoms with Crippen molar-refractivity contribution in [1.82, 2.24) is 5.16 Å². The lowest BCUT2D eigenvalue weighted by Gasteiger charge is -2.31. The molecule has 1 saturated heterocycles. The van der Waals surface area contributed by atoms with Crippen molar-refractivity contribution in [2.75, 3.05) is 18.0 Å². The maximum atomic E-state index is 9.56. The van der Waals surface area contributed by atoms with Crippen LogP contribution in [0.25, 0.3) is 11.3 Å². The van der Waals surface area contributed by atoms with Crippen molar-refractivity contribution in [3.8, 4) is 17.1 Å². The highest BCUT2D eigenvalue weighted by Crippen LogP contribution is 2.33. The minimum Gasteiger partial charge on any atom is -0.508 e. The van der Waals surface area contributed by atoms with E-state index in [0.717, 1.165) is 37.2 Å². The van der Waals surface area contributed by atoms with Crippen LogP contribution in [0, 0.1) is 0 Å². The Morgan fingerprint density at radius 3 is 2.84 bits per heavy atom. The zero-order valence-electron chi connectivity index (χ0n) is 10.6. The van der Waals surface area contributed by atoms with Crippen LogP contribution in [0.2, 0.25) is 0 Å². The van der Waals surface area contributed by atoms with Gasteiger partial charge in [0.2, 0.25) is 0 Å². The van der Waals surface area contributed by atoms with Gasteiger partial charge in [0, 0.05) is 24.7 Å². The van der Waals surface area contributed by atoms with E-state index in [1.807, 2.05) is 6.07 Å². The summed E-state index contributed by atoms with van der Waals surface area (Å²) in [4.78, 5) is 2.24. The summed E-state index contributed by atoms with van der Waals surface area (Å²) in [5, 5.41) is 13.4. The zero-order chi connectivity index (χ0) is 13.2. The van der Waals surface area contributed by atoms with Crippen LogP contribution in [0.1, 0.15) is 12.8 Å². The fraction of sp³-hybridized carbons (Fsp3) is 0.357. The van der Waals surface area contributed by atoms with Gasteiger partial charge in [0.15, 0.2) is 5.76 Å². The maximum absolute atomic E-state index is 9.56. The summed E-state index contributed by atoms with van der Waals surface area (Å²) >= 11 is 0. The van der Waals surface area contributed by atoms with Gasteiger partial charge < -0.3 is 20.3 Å². The van der Waals surface area contributed by atoms with E-state index in [1.165, 1.54) is 0 Å². The van der Waals surface area contributed by atoms with E-state index in [1.54, 1.807) is 24.4 Å². The molecule has 100 valence electrons. The molecule has 1 aromatic carbocycles. The van der Waals surface area contributed by atoms with E-state index in [-0.39, 0.29) is 5.75 Å². The largest absolute Gasteiger partial charge is 0.508 e. The summed E-state index contributed by atoms with van der Waals surface area (Å²) < 4.78 is 5.35. The Bertz CT molecular complexity index is 559. The molecule has 0 aliphatic carbocycles. The van der Waals surface area contributed by atoms with Gasteiger partial charge in [-0.05, 0) is 25.0 Å². The fourth-order valence-corrected chi connectivity index (χ4v) is 2.45. The van der Waals surface area contributed by atoms with Crippen molar-refractivity contribution in [3.05, 3.63) is 30.5 Å². The summed E-state index contributed by atoms with van der Waals surface area (Å²) in [7, 11) is 0. The summed E-state index contributed by atoms with van der Waals surface area (Å²) in [5.41, 5.74) is 7.73. The number of hydrogen-bond donors (Lipinski definition) is 2. The molecule has 0 radical (unpaired) electrons. The molecule has 0 spiro atoms. The molecule has 0 unspecified atom stereocenters. The lowest BCUT2D eigenvalue weighted by atomic mass is 10.0. The number of nitrogens with two attached hydrogens (primary N) is 1. The third-order valence-corrected chi connectivity index (χ3v) is 3.54. The predicted octanol–water partition coefficient (Wildman–Crippen LogP) is 1.97. The van der Waals surface area contributed by atoms with Gasteiger partial charge in [-0.1, -0.05) is 17.3 Å². The van der Waals surface area contributed by atoms with Gasteiger partial charge in [-0.15, -0.1) is 0 Å². The van der Waals surface area contributed by atoms with Crippen LogP contribution < -0.4 is 10.6 Å². The van der Waals surface area contributed by atoms with E-state index in [4.69, 9.17) is 10.3 Å². The molecule has 2 heterocycles. The Kier molecular flexibility index (Phi) is 3.13. The van der Waals surface area contributed by atoms with Crippen LogP contribution in [0.5, 0.6) is 5.75 Å². The predicted molar refractivity (Wildman–Crippen MR) is 73.0 cm³/mol. The van der Waals surface area contributed by atoms with E-state index in [2.05, 4.69) is 10.1 Å². The van der Waals surface area contributed by atoms with Gasteiger partial charge >= 0.3 is 0 Å². The van der Waals surface area contributed by atoms with Crippen molar-refractivity contribution >= 4 is 5.69 Å². The second-order valence-electron chi connectivity index (χ2n) is 4.91. The Morgan fingerprint density at radius 1 is 1.32 bits per heavy atom. The minimum absolute atomic E-state index is 0.223. The number of aromatic hydroxyl groups is 1. The van der Waals surface area contributed by atoms with E-state index >= 15 is 0 Å². The zero-order valence-corrected chi connectivity index (χ0v) is 10.6. The van der Waals surface area contributed by atoms with Crippen LogP contribution in [-0.4, -0.2) is 29.4 Å². The number of hydrogen-bond acceptors (Lipinski definition) is 5. The van der Waals surface area contributed by atoms with E-state index in [9.17, 15) is 5.11 Å². The maximum Gasteiger partial charge on any atom is 0.190 e. The molecule has 1 aliphatic heterocycles. The van der Waals surface area contributed by atoms with Gasteiger partial charge in [-0.2, -0.15) is 0 Å². The second-order valence-corrected chi connectivity index (χ2v) is 4.91. The summed E-state index contributed by atoms with van der Waals surface area (Å²) in [6.45, 7) is 1.82. The Balaban J connectivity index is 1.90. The number of anilines is 1. The normalized spacial score (nSPS) is 16.8. The van der Waals surface area contributed by atoms with Crippen LogP contribution in [0.4, 0.5) is 5.69 Å². The topological polar surface area (TPSA) is 75.5 Å². The number of rotatable bonds is 2. The fourth-order valence-electron chi connectivity index (χ4n) is 2.45. The highest BCUT2D eigenvalue weighted by Gasteiger charge is 2.22. The van der Waals surface area contributed by atoms with E-state index in [0.29, 0.717) is 11.8 Å². The molecule has 1 aromatic heterocycles. The highest BCUT2D eigenvalue weighted by atomic mass is 16.5. The molecule has 5 nitrogen and oxygen atoms in total. The number of benzene rings is 1. The molecule has 19 heavy (non-hydrogen) atoms. The summed E-state index contributed by atoms with van der Waals surface area (Å²) in [5.74, 6) is 0.923. The van der Waals surface area contributed by atoms with Gasteiger partial charge in [-0.25, -0.2) is 0 Å². The van der Waals surface area contributed by atoms with Crippen LogP contribution in [0.3, 0.4) is 0 Å². The SMILES string of the molecule is NC1CCN(c2cnoc2-c2cccc(O)c2)CC1. The van der Waals surface area contributed by atoms with Crippen LogP contribution >= 0.6 is 0 Å². The highest BCUT2D eigenvalue weighted by molar-refractivity contribution is 5.73. The third kappa shape index (κ3) is 2.42. The number of piperidine rings is 1.